The van der Waals surface area contributed by atoms with Crippen LogP contribution in [-0.2, 0) is 6.54 Å². The van der Waals surface area contributed by atoms with Gasteiger partial charge in [0.05, 0.1) is 0 Å². The van der Waals surface area contributed by atoms with E-state index < -0.39 is 0 Å². The lowest BCUT2D eigenvalue weighted by molar-refractivity contribution is 0.00753. The van der Waals surface area contributed by atoms with Gasteiger partial charge in [0.15, 0.2) is 5.13 Å². The van der Waals surface area contributed by atoms with Crippen LogP contribution < -0.4 is 11.1 Å². The summed E-state index contributed by atoms with van der Waals surface area (Å²) in [5.74, 6) is 3.90. The van der Waals surface area contributed by atoms with E-state index in [2.05, 4.69) is 10.3 Å². The first-order valence-corrected chi connectivity index (χ1v) is 8.04. The molecule has 5 rings (SSSR count). The molecule has 98 valence electrons. The van der Waals surface area contributed by atoms with E-state index in [9.17, 15) is 0 Å². The van der Waals surface area contributed by atoms with Gasteiger partial charge < -0.3 is 11.1 Å². The number of nitrogens with zero attached hydrogens (tertiary/aromatic N) is 1. The molecule has 0 aliphatic heterocycles. The van der Waals surface area contributed by atoms with Gasteiger partial charge in [-0.15, -0.1) is 11.3 Å². The van der Waals surface area contributed by atoms with Crippen molar-refractivity contribution in [3.05, 3.63) is 11.1 Å². The molecule has 0 aromatic carbocycles. The molecule has 0 unspecified atom stereocenters. The van der Waals surface area contributed by atoms with Crippen LogP contribution in [0.3, 0.4) is 0 Å². The van der Waals surface area contributed by atoms with Gasteiger partial charge in [0.1, 0.15) is 0 Å². The van der Waals surface area contributed by atoms with E-state index in [0.717, 1.165) is 28.8 Å². The summed E-state index contributed by atoms with van der Waals surface area (Å²) in [5.41, 5.74) is 5.65. The van der Waals surface area contributed by atoms with Crippen LogP contribution in [0.2, 0.25) is 0 Å². The van der Waals surface area contributed by atoms with Gasteiger partial charge in [0.25, 0.3) is 0 Å². The number of anilines is 1. The predicted octanol–water partition coefficient (Wildman–Crippen LogP) is 2.84. The van der Waals surface area contributed by atoms with E-state index in [0.29, 0.717) is 12.6 Å². The van der Waals surface area contributed by atoms with Gasteiger partial charge in [-0.2, -0.15) is 0 Å². The normalized spacial score (nSPS) is 41.3. The Hall–Kier alpha value is -0.610. The molecule has 4 bridgehead atoms. The van der Waals surface area contributed by atoms with Crippen LogP contribution in [0.4, 0.5) is 5.13 Å². The van der Waals surface area contributed by atoms with Crippen molar-refractivity contribution in [3.63, 3.8) is 0 Å². The van der Waals surface area contributed by atoms with Crippen molar-refractivity contribution in [2.75, 3.05) is 5.32 Å². The lowest BCUT2D eigenvalue weighted by atomic mass is 9.54. The van der Waals surface area contributed by atoms with Crippen molar-refractivity contribution in [2.24, 2.45) is 29.4 Å². The Morgan fingerprint density at radius 3 is 2.39 bits per heavy atom. The zero-order valence-electron chi connectivity index (χ0n) is 10.6. The standard InChI is InChI=1S/C14H21N3S/c15-6-12-7-16-14(18-12)17-13-10-2-8-1-9(4-10)5-11(13)3-8/h7-11,13H,1-6,15H2,(H,16,17). The molecule has 4 aliphatic rings. The maximum Gasteiger partial charge on any atom is 0.183 e. The summed E-state index contributed by atoms with van der Waals surface area (Å²) in [6.45, 7) is 0.612. The Labute approximate surface area is 112 Å². The first-order valence-electron chi connectivity index (χ1n) is 7.23. The van der Waals surface area contributed by atoms with Crippen LogP contribution in [0.25, 0.3) is 0 Å². The van der Waals surface area contributed by atoms with E-state index in [1.165, 1.54) is 37.0 Å². The van der Waals surface area contributed by atoms with E-state index in [1.807, 2.05) is 6.20 Å². The molecule has 4 saturated carbocycles. The van der Waals surface area contributed by atoms with Crippen molar-refractivity contribution < 1.29 is 0 Å². The summed E-state index contributed by atoms with van der Waals surface area (Å²) in [6, 6.07) is 0.689. The van der Waals surface area contributed by atoms with Crippen molar-refractivity contribution in [3.8, 4) is 0 Å². The molecule has 3 N–H and O–H groups in total. The third-order valence-corrected chi connectivity index (χ3v) is 6.22. The van der Waals surface area contributed by atoms with Crippen LogP contribution in [0.1, 0.15) is 37.0 Å². The van der Waals surface area contributed by atoms with Crippen LogP contribution in [0.15, 0.2) is 6.20 Å². The summed E-state index contributed by atoms with van der Waals surface area (Å²) < 4.78 is 0. The Kier molecular flexibility index (Phi) is 2.62. The minimum Gasteiger partial charge on any atom is -0.358 e. The van der Waals surface area contributed by atoms with Crippen molar-refractivity contribution in [1.82, 2.24) is 4.98 Å². The molecule has 18 heavy (non-hydrogen) atoms. The summed E-state index contributed by atoms with van der Waals surface area (Å²) in [6.07, 6.45) is 9.27. The highest BCUT2D eigenvalue weighted by Crippen LogP contribution is 2.54. The molecule has 3 nitrogen and oxygen atoms in total. The van der Waals surface area contributed by atoms with E-state index in [-0.39, 0.29) is 0 Å². The van der Waals surface area contributed by atoms with E-state index in [1.54, 1.807) is 11.3 Å². The zero-order chi connectivity index (χ0) is 12.1. The topological polar surface area (TPSA) is 50.9 Å². The fourth-order valence-corrected chi connectivity index (χ4v) is 5.51. The summed E-state index contributed by atoms with van der Waals surface area (Å²) in [4.78, 5) is 5.65. The Bertz CT molecular complexity index is 414. The molecule has 1 heterocycles. The van der Waals surface area contributed by atoms with Gasteiger partial charge in [-0.25, -0.2) is 4.98 Å². The first-order chi connectivity index (χ1) is 8.81. The average molecular weight is 263 g/mol. The van der Waals surface area contributed by atoms with Crippen LogP contribution >= 0.6 is 11.3 Å². The highest BCUT2D eigenvalue weighted by atomic mass is 32.1. The molecular formula is C14H21N3S. The quantitative estimate of drug-likeness (QED) is 0.881. The van der Waals surface area contributed by atoms with Gasteiger partial charge in [-0.05, 0) is 55.8 Å². The molecule has 0 saturated heterocycles. The number of nitrogens with two attached hydrogens (primary N) is 1. The minimum atomic E-state index is 0.612. The Morgan fingerprint density at radius 2 is 1.83 bits per heavy atom. The number of hydrogen-bond donors (Lipinski definition) is 2. The third-order valence-electron chi connectivity index (χ3n) is 5.27. The third kappa shape index (κ3) is 1.77. The van der Waals surface area contributed by atoms with Crippen LogP contribution in [-0.4, -0.2) is 11.0 Å². The molecule has 0 atom stereocenters. The fourth-order valence-electron chi connectivity index (χ4n) is 4.77. The Balaban J connectivity index is 1.51. The van der Waals surface area contributed by atoms with Gasteiger partial charge in [0, 0.05) is 23.7 Å². The molecular weight excluding hydrogens is 242 g/mol. The van der Waals surface area contributed by atoms with Crippen LogP contribution in [0.5, 0.6) is 0 Å². The number of hydrogen-bond acceptors (Lipinski definition) is 4. The summed E-state index contributed by atoms with van der Waals surface area (Å²) in [5, 5.41) is 4.82. The lowest BCUT2D eigenvalue weighted by Crippen LogP contribution is -2.51. The average Bonchev–Trinajstić information content (AvgIpc) is 2.80. The largest absolute Gasteiger partial charge is 0.358 e. The van der Waals surface area contributed by atoms with Crippen molar-refractivity contribution >= 4 is 16.5 Å². The molecule has 0 radical (unpaired) electrons. The second-order valence-electron chi connectivity index (χ2n) is 6.44. The summed E-state index contributed by atoms with van der Waals surface area (Å²) >= 11 is 1.73. The molecule has 1 aromatic rings. The van der Waals surface area contributed by atoms with E-state index >= 15 is 0 Å². The molecule has 4 aliphatic carbocycles. The van der Waals surface area contributed by atoms with Crippen molar-refractivity contribution in [1.29, 1.82) is 0 Å². The zero-order valence-corrected chi connectivity index (χ0v) is 11.5. The maximum atomic E-state index is 5.65. The number of thiazole rings is 1. The highest BCUT2D eigenvalue weighted by Gasteiger charge is 2.48. The Morgan fingerprint density at radius 1 is 1.17 bits per heavy atom. The maximum absolute atomic E-state index is 5.65. The number of rotatable bonds is 3. The molecule has 0 amide bonds. The molecule has 1 aromatic heterocycles. The highest BCUT2D eigenvalue weighted by molar-refractivity contribution is 7.15. The fraction of sp³-hybridized carbons (Fsp3) is 0.786. The molecule has 4 heteroatoms. The predicted molar refractivity (Wildman–Crippen MR) is 74.5 cm³/mol. The summed E-state index contributed by atoms with van der Waals surface area (Å²) in [7, 11) is 0. The van der Waals surface area contributed by atoms with Crippen molar-refractivity contribution in [2.45, 2.75) is 44.7 Å². The lowest BCUT2D eigenvalue weighted by Gasteiger charge is -2.54. The second kappa shape index (κ2) is 4.20. The first kappa shape index (κ1) is 11.2. The minimum absolute atomic E-state index is 0.612. The number of nitrogens with one attached hydrogen (secondary N) is 1. The van der Waals surface area contributed by atoms with Gasteiger partial charge in [0.2, 0.25) is 0 Å². The van der Waals surface area contributed by atoms with Gasteiger partial charge in [-0.1, -0.05) is 0 Å². The monoisotopic (exact) mass is 263 g/mol. The SMILES string of the molecule is NCc1cnc(NC2C3CC4CC(C3)CC2C4)s1. The van der Waals surface area contributed by atoms with E-state index in [4.69, 9.17) is 5.73 Å². The molecule has 0 spiro atoms. The molecule has 4 fully saturated rings. The van der Waals surface area contributed by atoms with Gasteiger partial charge >= 0.3 is 0 Å². The van der Waals surface area contributed by atoms with Crippen LogP contribution in [0, 0.1) is 23.7 Å². The second-order valence-corrected chi connectivity index (χ2v) is 7.55. The van der Waals surface area contributed by atoms with Gasteiger partial charge in [-0.3, -0.25) is 0 Å². The number of aromatic nitrogens is 1. The smallest absolute Gasteiger partial charge is 0.183 e.